The maximum absolute atomic E-state index is 14.0. The molecule has 0 amide bonds. The van der Waals surface area contributed by atoms with E-state index >= 15 is 0 Å². The van der Waals surface area contributed by atoms with Gasteiger partial charge in [-0.05, 0) is 32.0 Å². The highest BCUT2D eigenvalue weighted by atomic mass is 19.1. The molecule has 1 aromatic heterocycles. The van der Waals surface area contributed by atoms with E-state index < -0.39 is 0 Å². The number of halogens is 1. The van der Waals surface area contributed by atoms with Gasteiger partial charge >= 0.3 is 0 Å². The third kappa shape index (κ3) is 2.58. The molecule has 2 aromatic carbocycles. The molecule has 25 heavy (non-hydrogen) atoms. The zero-order valence-electron chi connectivity index (χ0n) is 14.3. The van der Waals surface area contributed by atoms with Crippen LogP contribution in [0.4, 0.5) is 21.6 Å². The van der Waals surface area contributed by atoms with Gasteiger partial charge in [0.05, 0.1) is 17.1 Å². The second kappa shape index (κ2) is 5.77. The molecule has 0 aliphatic carbocycles. The minimum Gasteiger partial charge on any atom is -0.327 e. The highest BCUT2D eigenvalue weighted by molar-refractivity contribution is 6.18. The number of nitrogens with zero attached hydrogens (tertiary/aromatic N) is 4. The molecule has 3 aromatic rings. The molecule has 1 aliphatic rings. The van der Waals surface area contributed by atoms with E-state index in [0.717, 1.165) is 33.8 Å². The van der Waals surface area contributed by atoms with Gasteiger partial charge in [-0.3, -0.25) is 0 Å². The number of anilines is 2. The molecule has 124 valence electrons. The molecule has 0 atom stereocenters. The average molecular weight is 332 g/mol. The molecule has 0 unspecified atom stereocenters. The summed E-state index contributed by atoms with van der Waals surface area (Å²) in [4.78, 5) is 15.5. The molecule has 5 heteroatoms. The Balaban J connectivity index is 2.06. The maximum atomic E-state index is 14.0. The largest absolute Gasteiger partial charge is 0.327 e. The lowest BCUT2D eigenvalue weighted by Gasteiger charge is -2.20. The molecule has 0 spiro atoms. The Morgan fingerprint density at radius 2 is 1.72 bits per heavy atom. The van der Waals surface area contributed by atoms with E-state index in [-0.39, 0.29) is 5.82 Å². The molecule has 0 saturated carbocycles. The highest BCUT2D eigenvalue weighted by Crippen LogP contribution is 2.39. The Kier molecular flexibility index (Phi) is 3.57. The summed E-state index contributed by atoms with van der Waals surface area (Å²) in [6.45, 7) is 3.94. The number of aryl methyl sites for hydroxylation is 2. The summed E-state index contributed by atoms with van der Waals surface area (Å²) in [5.41, 5.74) is 5.91. The smallest absolute Gasteiger partial charge is 0.162 e. The van der Waals surface area contributed by atoms with Crippen LogP contribution in [0.25, 0.3) is 0 Å². The third-order valence-electron chi connectivity index (χ3n) is 4.43. The molecule has 2 heterocycles. The molecule has 0 radical (unpaired) electrons. The SMILES string of the molecule is Cc1ccc(C2=Nc3c(C)ncnc3N(C)c3ccc(F)cc32)cc1. The first-order valence-electron chi connectivity index (χ1n) is 8.05. The Labute approximate surface area is 145 Å². The van der Waals surface area contributed by atoms with E-state index in [1.807, 2.05) is 50.1 Å². The van der Waals surface area contributed by atoms with Crippen LogP contribution in [-0.4, -0.2) is 22.7 Å². The van der Waals surface area contributed by atoms with Crippen molar-refractivity contribution in [1.29, 1.82) is 0 Å². The van der Waals surface area contributed by atoms with Crippen LogP contribution in [0.5, 0.6) is 0 Å². The topological polar surface area (TPSA) is 41.4 Å². The second-order valence-electron chi connectivity index (χ2n) is 6.18. The summed E-state index contributed by atoms with van der Waals surface area (Å²) in [6.07, 6.45) is 1.53. The fourth-order valence-corrected chi connectivity index (χ4v) is 3.04. The number of aromatic nitrogens is 2. The molecular formula is C20H17FN4. The normalized spacial score (nSPS) is 13.0. The van der Waals surface area contributed by atoms with Gasteiger partial charge in [0.1, 0.15) is 17.8 Å². The van der Waals surface area contributed by atoms with Crippen LogP contribution in [0.3, 0.4) is 0 Å². The van der Waals surface area contributed by atoms with E-state index in [0.29, 0.717) is 11.5 Å². The van der Waals surface area contributed by atoms with Gasteiger partial charge in [0.2, 0.25) is 0 Å². The third-order valence-corrected chi connectivity index (χ3v) is 4.43. The van der Waals surface area contributed by atoms with Crippen molar-refractivity contribution >= 4 is 22.9 Å². The molecule has 0 saturated heterocycles. The van der Waals surface area contributed by atoms with Gasteiger partial charge in [-0.2, -0.15) is 0 Å². The van der Waals surface area contributed by atoms with Crippen LogP contribution >= 0.6 is 0 Å². The lowest BCUT2D eigenvalue weighted by atomic mass is 9.99. The van der Waals surface area contributed by atoms with Crippen LogP contribution in [0.2, 0.25) is 0 Å². The van der Waals surface area contributed by atoms with Crippen molar-refractivity contribution in [3.8, 4) is 0 Å². The standard InChI is InChI=1S/C20H17FN4/c1-12-4-6-14(7-5-12)19-16-10-15(21)8-9-17(16)25(3)20-18(24-19)13(2)22-11-23-20/h4-11H,1-3H3. The summed E-state index contributed by atoms with van der Waals surface area (Å²) in [5, 5.41) is 0. The molecular weight excluding hydrogens is 315 g/mol. The second-order valence-corrected chi connectivity index (χ2v) is 6.18. The van der Waals surface area contributed by atoms with Crippen molar-refractivity contribution in [1.82, 2.24) is 9.97 Å². The molecule has 4 rings (SSSR count). The van der Waals surface area contributed by atoms with Gasteiger partial charge < -0.3 is 4.90 Å². The molecule has 4 nitrogen and oxygen atoms in total. The van der Waals surface area contributed by atoms with Gasteiger partial charge in [0.25, 0.3) is 0 Å². The Hall–Kier alpha value is -3.08. The van der Waals surface area contributed by atoms with Crippen molar-refractivity contribution in [2.45, 2.75) is 13.8 Å². The highest BCUT2D eigenvalue weighted by Gasteiger charge is 2.24. The summed E-state index contributed by atoms with van der Waals surface area (Å²) in [5.74, 6) is 0.420. The summed E-state index contributed by atoms with van der Waals surface area (Å²) in [7, 11) is 1.91. The van der Waals surface area contributed by atoms with Crippen molar-refractivity contribution in [3.05, 3.63) is 77.0 Å². The van der Waals surface area contributed by atoms with Crippen molar-refractivity contribution in [2.24, 2.45) is 4.99 Å². The van der Waals surface area contributed by atoms with Crippen molar-refractivity contribution in [2.75, 3.05) is 11.9 Å². The van der Waals surface area contributed by atoms with E-state index in [2.05, 4.69) is 9.97 Å². The fourth-order valence-electron chi connectivity index (χ4n) is 3.04. The fraction of sp³-hybridized carbons (Fsp3) is 0.150. The number of benzene rings is 2. The van der Waals surface area contributed by atoms with E-state index in [1.54, 1.807) is 6.07 Å². The monoisotopic (exact) mass is 332 g/mol. The van der Waals surface area contributed by atoms with E-state index in [4.69, 9.17) is 4.99 Å². The lowest BCUT2D eigenvalue weighted by Crippen LogP contribution is -2.14. The van der Waals surface area contributed by atoms with E-state index in [1.165, 1.54) is 18.5 Å². The molecule has 0 N–H and O–H groups in total. The van der Waals surface area contributed by atoms with Crippen LogP contribution in [0.15, 0.2) is 53.8 Å². The minimum absolute atomic E-state index is 0.291. The van der Waals surface area contributed by atoms with Gasteiger partial charge in [-0.1, -0.05) is 29.8 Å². The Morgan fingerprint density at radius 3 is 2.48 bits per heavy atom. The van der Waals surface area contributed by atoms with Crippen LogP contribution in [0.1, 0.15) is 22.4 Å². The predicted molar refractivity (Wildman–Crippen MR) is 97.7 cm³/mol. The minimum atomic E-state index is -0.291. The Morgan fingerprint density at radius 1 is 0.960 bits per heavy atom. The zero-order valence-corrected chi connectivity index (χ0v) is 14.3. The first-order chi connectivity index (χ1) is 12.0. The first kappa shape index (κ1) is 15.4. The van der Waals surface area contributed by atoms with Crippen LogP contribution < -0.4 is 4.90 Å². The lowest BCUT2D eigenvalue weighted by molar-refractivity contribution is 0.627. The zero-order chi connectivity index (χ0) is 17.6. The van der Waals surface area contributed by atoms with Crippen molar-refractivity contribution in [3.63, 3.8) is 0 Å². The molecule has 0 fully saturated rings. The summed E-state index contributed by atoms with van der Waals surface area (Å²) < 4.78 is 14.0. The maximum Gasteiger partial charge on any atom is 0.162 e. The van der Waals surface area contributed by atoms with Gasteiger partial charge in [-0.15, -0.1) is 0 Å². The van der Waals surface area contributed by atoms with Gasteiger partial charge in [0.15, 0.2) is 5.82 Å². The number of aliphatic imine (C=N–C) groups is 1. The summed E-state index contributed by atoms with van der Waals surface area (Å²) >= 11 is 0. The Bertz CT molecular complexity index is 993. The first-order valence-corrected chi connectivity index (χ1v) is 8.05. The molecule has 0 bridgehead atoms. The predicted octanol–water partition coefficient (Wildman–Crippen LogP) is 4.48. The van der Waals surface area contributed by atoms with Crippen molar-refractivity contribution < 1.29 is 4.39 Å². The van der Waals surface area contributed by atoms with Gasteiger partial charge in [-0.25, -0.2) is 19.4 Å². The molecule has 1 aliphatic heterocycles. The number of hydrogen-bond donors (Lipinski definition) is 0. The van der Waals surface area contributed by atoms with Gasteiger partial charge in [0, 0.05) is 18.2 Å². The summed E-state index contributed by atoms with van der Waals surface area (Å²) in [6, 6.07) is 12.8. The number of hydrogen-bond acceptors (Lipinski definition) is 4. The van der Waals surface area contributed by atoms with Crippen LogP contribution in [-0.2, 0) is 0 Å². The van der Waals surface area contributed by atoms with E-state index in [9.17, 15) is 4.39 Å². The average Bonchev–Trinajstić information content (AvgIpc) is 2.72. The quantitative estimate of drug-likeness (QED) is 0.659. The number of fused-ring (bicyclic) bond motifs is 2. The van der Waals surface area contributed by atoms with Crippen LogP contribution in [0, 0.1) is 19.7 Å². The number of rotatable bonds is 1.